The predicted molar refractivity (Wildman–Crippen MR) is 80.1 cm³/mol. The molecule has 0 amide bonds. The molecule has 1 atom stereocenters. The van der Waals surface area contributed by atoms with Crippen LogP contribution in [0.1, 0.15) is 47.5 Å². The Balaban J connectivity index is 2.30. The summed E-state index contributed by atoms with van der Waals surface area (Å²) < 4.78 is 0. The first-order chi connectivity index (χ1) is 8.52. The molecule has 0 aromatic rings. The van der Waals surface area contributed by atoms with E-state index >= 15 is 0 Å². The maximum absolute atomic E-state index is 3.63. The Hall–Kier alpha value is -0.120. The highest BCUT2D eigenvalue weighted by atomic mass is 15.2. The predicted octanol–water partition coefficient (Wildman–Crippen LogP) is 2.18. The number of hydrogen-bond acceptors (Lipinski definition) is 3. The van der Waals surface area contributed by atoms with E-state index in [-0.39, 0.29) is 0 Å². The van der Waals surface area contributed by atoms with E-state index in [1.807, 2.05) is 0 Å². The quantitative estimate of drug-likeness (QED) is 0.717. The Morgan fingerprint density at radius 2 is 1.72 bits per heavy atom. The zero-order valence-corrected chi connectivity index (χ0v) is 13.1. The summed E-state index contributed by atoms with van der Waals surface area (Å²) in [6.07, 6.45) is 2.58. The Kier molecular flexibility index (Phi) is 6.61. The van der Waals surface area contributed by atoms with E-state index in [0.29, 0.717) is 5.54 Å². The summed E-state index contributed by atoms with van der Waals surface area (Å²) in [6.45, 7) is 18.6. The van der Waals surface area contributed by atoms with Crippen molar-refractivity contribution in [1.82, 2.24) is 15.1 Å². The van der Waals surface area contributed by atoms with Crippen molar-refractivity contribution in [3.63, 3.8) is 0 Å². The van der Waals surface area contributed by atoms with Crippen LogP contribution in [0, 0.1) is 0 Å². The van der Waals surface area contributed by atoms with Crippen LogP contribution in [-0.2, 0) is 0 Å². The monoisotopic (exact) mass is 255 g/mol. The summed E-state index contributed by atoms with van der Waals surface area (Å²) >= 11 is 0. The Labute approximate surface area is 114 Å². The van der Waals surface area contributed by atoms with Gasteiger partial charge in [-0.15, -0.1) is 0 Å². The van der Waals surface area contributed by atoms with Gasteiger partial charge in [0.1, 0.15) is 0 Å². The first-order valence-electron chi connectivity index (χ1n) is 7.73. The van der Waals surface area contributed by atoms with Crippen molar-refractivity contribution >= 4 is 0 Å². The molecule has 1 aliphatic heterocycles. The second-order valence-electron chi connectivity index (χ2n) is 6.13. The van der Waals surface area contributed by atoms with Crippen molar-refractivity contribution in [2.45, 2.75) is 59.0 Å². The maximum Gasteiger partial charge on any atom is 0.0238 e. The number of rotatable bonds is 8. The summed E-state index contributed by atoms with van der Waals surface area (Å²) in [7, 11) is 0. The van der Waals surface area contributed by atoms with Crippen LogP contribution >= 0.6 is 0 Å². The molecule has 1 unspecified atom stereocenters. The van der Waals surface area contributed by atoms with Crippen molar-refractivity contribution in [3.8, 4) is 0 Å². The van der Waals surface area contributed by atoms with Crippen LogP contribution in [0.25, 0.3) is 0 Å². The van der Waals surface area contributed by atoms with Gasteiger partial charge in [0.05, 0.1) is 0 Å². The van der Waals surface area contributed by atoms with Crippen molar-refractivity contribution in [1.29, 1.82) is 0 Å². The number of likely N-dealkylation sites (N-methyl/N-ethyl adjacent to an activating group) is 1. The van der Waals surface area contributed by atoms with Crippen LogP contribution < -0.4 is 5.32 Å². The lowest BCUT2D eigenvalue weighted by Gasteiger charge is -2.29. The van der Waals surface area contributed by atoms with E-state index < -0.39 is 0 Å². The fourth-order valence-electron chi connectivity index (χ4n) is 3.02. The smallest absolute Gasteiger partial charge is 0.0238 e. The molecule has 0 aromatic heterocycles. The third-order valence-electron chi connectivity index (χ3n) is 4.30. The fraction of sp³-hybridized carbons (Fsp3) is 1.00. The molecule has 0 spiro atoms. The third-order valence-corrected chi connectivity index (χ3v) is 4.30. The number of nitrogens with zero attached hydrogens (tertiary/aromatic N) is 2. The molecule has 0 aliphatic carbocycles. The van der Waals surface area contributed by atoms with Gasteiger partial charge in [-0.1, -0.05) is 20.8 Å². The molecule has 1 saturated heterocycles. The summed E-state index contributed by atoms with van der Waals surface area (Å²) in [6, 6.07) is 0.738. The standard InChI is InChI=1S/C15H33N3/c1-6-17(7-2)10-9-11-18(8-3)14-12-15(4,5)16-13-14/h14,16H,6-13H2,1-5H3. The summed E-state index contributed by atoms with van der Waals surface area (Å²) in [4.78, 5) is 5.18. The van der Waals surface area contributed by atoms with Crippen molar-refractivity contribution in [2.75, 3.05) is 39.3 Å². The van der Waals surface area contributed by atoms with Crippen molar-refractivity contribution in [3.05, 3.63) is 0 Å². The lowest BCUT2D eigenvalue weighted by molar-refractivity contribution is 0.194. The average molecular weight is 255 g/mol. The maximum atomic E-state index is 3.63. The number of hydrogen-bond donors (Lipinski definition) is 1. The van der Waals surface area contributed by atoms with Gasteiger partial charge in [0.2, 0.25) is 0 Å². The van der Waals surface area contributed by atoms with Gasteiger partial charge in [0, 0.05) is 18.1 Å². The van der Waals surface area contributed by atoms with Crippen LogP contribution in [0.15, 0.2) is 0 Å². The van der Waals surface area contributed by atoms with Crippen LogP contribution in [0.2, 0.25) is 0 Å². The SMILES string of the molecule is CCN(CC)CCCN(CC)C1CNC(C)(C)C1. The molecule has 108 valence electrons. The zero-order chi connectivity index (χ0) is 13.6. The van der Waals surface area contributed by atoms with Crippen LogP contribution in [-0.4, -0.2) is 60.6 Å². The molecule has 1 aliphatic rings. The first kappa shape index (κ1) is 15.9. The molecule has 3 heteroatoms. The highest BCUT2D eigenvalue weighted by Crippen LogP contribution is 2.22. The molecule has 0 aromatic carbocycles. The van der Waals surface area contributed by atoms with E-state index in [4.69, 9.17) is 0 Å². The minimum atomic E-state index is 0.330. The molecule has 3 nitrogen and oxygen atoms in total. The second-order valence-corrected chi connectivity index (χ2v) is 6.13. The van der Waals surface area contributed by atoms with Crippen LogP contribution in [0.3, 0.4) is 0 Å². The normalized spacial score (nSPS) is 23.2. The van der Waals surface area contributed by atoms with Crippen LogP contribution in [0.5, 0.6) is 0 Å². The molecule has 1 N–H and O–H groups in total. The van der Waals surface area contributed by atoms with E-state index in [9.17, 15) is 0 Å². The largest absolute Gasteiger partial charge is 0.310 e. The fourth-order valence-corrected chi connectivity index (χ4v) is 3.02. The van der Waals surface area contributed by atoms with Gasteiger partial charge in [-0.3, -0.25) is 4.90 Å². The minimum Gasteiger partial charge on any atom is -0.310 e. The number of nitrogens with one attached hydrogen (secondary N) is 1. The van der Waals surface area contributed by atoms with Crippen molar-refractivity contribution in [2.24, 2.45) is 0 Å². The molecular weight excluding hydrogens is 222 g/mol. The Morgan fingerprint density at radius 3 is 2.17 bits per heavy atom. The molecule has 1 rings (SSSR count). The van der Waals surface area contributed by atoms with Gasteiger partial charge in [-0.05, 0) is 59.4 Å². The van der Waals surface area contributed by atoms with Gasteiger partial charge in [0.25, 0.3) is 0 Å². The third kappa shape index (κ3) is 4.87. The van der Waals surface area contributed by atoms with E-state index in [1.54, 1.807) is 0 Å². The summed E-state index contributed by atoms with van der Waals surface area (Å²) in [5, 5.41) is 3.63. The molecule has 18 heavy (non-hydrogen) atoms. The Morgan fingerprint density at radius 1 is 1.06 bits per heavy atom. The van der Waals surface area contributed by atoms with Crippen molar-refractivity contribution < 1.29 is 0 Å². The first-order valence-corrected chi connectivity index (χ1v) is 7.73. The summed E-state index contributed by atoms with van der Waals surface area (Å²) in [5.41, 5.74) is 0.330. The van der Waals surface area contributed by atoms with Gasteiger partial charge in [0.15, 0.2) is 0 Å². The van der Waals surface area contributed by atoms with Crippen LogP contribution in [0.4, 0.5) is 0 Å². The highest BCUT2D eigenvalue weighted by Gasteiger charge is 2.32. The summed E-state index contributed by atoms with van der Waals surface area (Å²) in [5.74, 6) is 0. The topological polar surface area (TPSA) is 18.5 Å². The average Bonchev–Trinajstić information content (AvgIpc) is 2.70. The van der Waals surface area contributed by atoms with E-state index in [1.165, 1.54) is 45.6 Å². The van der Waals surface area contributed by atoms with Gasteiger partial charge in [-0.2, -0.15) is 0 Å². The van der Waals surface area contributed by atoms with Gasteiger partial charge < -0.3 is 10.2 Å². The molecule has 0 saturated carbocycles. The molecule has 1 fully saturated rings. The second kappa shape index (κ2) is 7.46. The lowest BCUT2D eigenvalue weighted by atomic mass is 10.0. The molecule has 0 bridgehead atoms. The minimum absolute atomic E-state index is 0.330. The lowest BCUT2D eigenvalue weighted by Crippen LogP contribution is -2.38. The molecule has 0 radical (unpaired) electrons. The molecular formula is C15H33N3. The van der Waals surface area contributed by atoms with E-state index in [2.05, 4.69) is 49.7 Å². The van der Waals surface area contributed by atoms with Gasteiger partial charge >= 0.3 is 0 Å². The zero-order valence-electron chi connectivity index (χ0n) is 13.1. The Bertz CT molecular complexity index is 224. The van der Waals surface area contributed by atoms with Gasteiger partial charge in [-0.25, -0.2) is 0 Å². The molecule has 1 heterocycles. The highest BCUT2D eigenvalue weighted by molar-refractivity contribution is 4.94. The van der Waals surface area contributed by atoms with E-state index in [0.717, 1.165) is 12.6 Å².